The van der Waals surface area contributed by atoms with Crippen molar-refractivity contribution in [2.75, 3.05) is 24.6 Å². The van der Waals surface area contributed by atoms with Gasteiger partial charge in [-0.25, -0.2) is 0 Å². The molecule has 1 unspecified atom stereocenters. The third-order valence-corrected chi connectivity index (χ3v) is 5.00. The highest BCUT2D eigenvalue weighted by molar-refractivity contribution is 7.99. The zero-order valence-electron chi connectivity index (χ0n) is 10.6. The van der Waals surface area contributed by atoms with Crippen LogP contribution in [0.2, 0.25) is 0 Å². The Labute approximate surface area is 113 Å². The molecule has 1 aromatic heterocycles. The molecule has 1 aromatic rings. The lowest BCUT2D eigenvalue weighted by Gasteiger charge is -2.35. The Bertz CT molecular complexity index is 359. The van der Waals surface area contributed by atoms with E-state index < -0.39 is 0 Å². The third-order valence-electron chi connectivity index (χ3n) is 3.85. The van der Waals surface area contributed by atoms with Crippen LogP contribution in [0.15, 0.2) is 24.5 Å². The standard InChI is InChI=1S/C14H20N2OS/c1-6-15-7-2-13(1)17-14-3-8-16(9-4-14)12-5-10-18-11-12/h1-2,6-7,12,14H,3-5,8-11H2. The minimum atomic E-state index is 0.387. The minimum Gasteiger partial charge on any atom is -0.490 e. The van der Waals surface area contributed by atoms with E-state index in [9.17, 15) is 0 Å². The second-order valence-electron chi connectivity index (χ2n) is 5.05. The van der Waals surface area contributed by atoms with E-state index in [2.05, 4.69) is 21.6 Å². The van der Waals surface area contributed by atoms with E-state index in [0.717, 1.165) is 24.6 Å². The lowest BCUT2D eigenvalue weighted by atomic mass is 10.0. The zero-order chi connectivity index (χ0) is 12.2. The van der Waals surface area contributed by atoms with Gasteiger partial charge in [-0.05, 0) is 37.1 Å². The first kappa shape index (κ1) is 12.3. The fraction of sp³-hybridized carbons (Fsp3) is 0.643. The molecule has 0 saturated carbocycles. The van der Waals surface area contributed by atoms with Gasteiger partial charge < -0.3 is 4.74 Å². The maximum atomic E-state index is 5.99. The van der Waals surface area contributed by atoms with Gasteiger partial charge in [0.2, 0.25) is 0 Å². The summed E-state index contributed by atoms with van der Waals surface area (Å²) in [6.45, 7) is 2.39. The van der Waals surface area contributed by atoms with E-state index in [-0.39, 0.29) is 0 Å². The number of likely N-dealkylation sites (tertiary alicyclic amines) is 1. The van der Waals surface area contributed by atoms with Gasteiger partial charge in [0.1, 0.15) is 11.9 Å². The van der Waals surface area contributed by atoms with Crippen LogP contribution in [0.1, 0.15) is 19.3 Å². The fourth-order valence-corrected chi connectivity index (χ4v) is 4.03. The Morgan fingerprint density at radius 2 is 1.94 bits per heavy atom. The summed E-state index contributed by atoms with van der Waals surface area (Å²) in [6, 6.07) is 4.72. The van der Waals surface area contributed by atoms with Crippen LogP contribution in [0.4, 0.5) is 0 Å². The van der Waals surface area contributed by atoms with Gasteiger partial charge in [-0.3, -0.25) is 9.88 Å². The molecule has 2 aliphatic rings. The maximum absolute atomic E-state index is 5.99. The smallest absolute Gasteiger partial charge is 0.122 e. The summed E-state index contributed by atoms with van der Waals surface area (Å²) in [7, 11) is 0. The number of rotatable bonds is 3. The van der Waals surface area contributed by atoms with Crippen molar-refractivity contribution in [2.24, 2.45) is 0 Å². The molecular formula is C14H20N2OS. The highest BCUT2D eigenvalue weighted by atomic mass is 32.2. The molecule has 4 heteroatoms. The molecule has 0 bridgehead atoms. The average Bonchev–Trinajstić information content (AvgIpc) is 2.95. The first-order chi connectivity index (χ1) is 8.92. The molecule has 3 nitrogen and oxygen atoms in total. The summed E-state index contributed by atoms with van der Waals surface area (Å²) in [4.78, 5) is 6.67. The highest BCUT2D eigenvalue weighted by Gasteiger charge is 2.27. The first-order valence-electron chi connectivity index (χ1n) is 6.80. The molecule has 0 amide bonds. The van der Waals surface area contributed by atoms with E-state index in [1.807, 2.05) is 12.1 Å². The van der Waals surface area contributed by atoms with Gasteiger partial charge in [0.15, 0.2) is 0 Å². The van der Waals surface area contributed by atoms with Crippen molar-refractivity contribution in [3.05, 3.63) is 24.5 Å². The van der Waals surface area contributed by atoms with Crippen LogP contribution in [0.5, 0.6) is 5.75 Å². The van der Waals surface area contributed by atoms with Crippen LogP contribution in [0.25, 0.3) is 0 Å². The van der Waals surface area contributed by atoms with Crippen molar-refractivity contribution in [1.29, 1.82) is 0 Å². The monoisotopic (exact) mass is 264 g/mol. The predicted molar refractivity (Wildman–Crippen MR) is 75.2 cm³/mol. The number of piperidine rings is 1. The van der Waals surface area contributed by atoms with Gasteiger partial charge in [0, 0.05) is 37.3 Å². The molecule has 2 fully saturated rings. The van der Waals surface area contributed by atoms with Crippen LogP contribution in [0, 0.1) is 0 Å². The molecule has 0 aromatic carbocycles. The Hall–Kier alpha value is -0.740. The van der Waals surface area contributed by atoms with Gasteiger partial charge >= 0.3 is 0 Å². The van der Waals surface area contributed by atoms with Crippen LogP contribution >= 0.6 is 11.8 Å². The van der Waals surface area contributed by atoms with Crippen molar-refractivity contribution < 1.29 is 4.74 Å². The summed E-state index contributed by atoms with van der Waals surface area (Å²) in [6.07, 6.45) is 7.66. The largest absolute Gasteiger partial charge is 0.490 e. The Kier molecular flexibility index (Phi) is 4.06. The summed E-state index contributed by atoms with van der Waals surface area (Å²) >= 11 is 2.10. The quantitative estimate of drug-likeness (QED) is 0.837. The van der Waals surface area contributed by atoms with E-state index in [4.69, 9.17) is 4.74 Å². The fourth-order valence-electron chi connectivity index (χ4n) is 2.78. The first-order valence-corrected chi connectivity index (χ1v) is 7.96. The Balaban J connectivity index is 1.48. The summed E-state index contributed by atoms with van der Waals surface area (Å²) in [5.41, 5.74) is 0. The lowest BCUT2D eigenvalue weighted by molar-refractivity contribution is 0.0816. The van der Waals surface area contributed by atoms with Gasteiger partial charge in [0.25, 0.3) is 0 Å². The average molecular weight is 264 g/mol. The molecule has 18 heavy (non-hydrogen) atoms. The van der Waals surface area contributed by atoms with Crippen molar-refractivity contribution >= 4 is 11.8 Å². The molecule has 0 aliphatic carbocycles. The number of nitrogens with zero attached hydrogens (tertiary/aromatic N) is 2. The molecule has 2 aliphatic heterocycles. The number of ether oxygens (including phenoxy) is 1. The SMILES string of the molecule is c1cc(OC2CCN(C3CCSC3)CC2)ccn1. The number of thioether (sulfide) groups is 1. The topological polar surface area (TPSA) is 25.4 Å². The molecule has 3 rings (SSSR count). The van der Waals surface area contributed by atoms with Crippen LogP contribution in [0.3, 0.4) is 0 Å². The van der Waals surface area contributed by atoms with Gasteiger partial charge in [0.05, 0.1) is 0 Å². The van der Waals surface area contributed by atoms with Crippen LogP contribution in [-0.4, -0.2) is 46.6 Å². The van der Waals surface area contributed by atoms with Gasteiger partial charge in [-0.2, -0.15) is 11.8 Å². The van der Waals surface area contributed by atoms with Gasteiger partial charge in [-0.15, -0.1) is 0 Å². The van der Waals surface area contributed by atoms with E-state index in [1.165, 1.54) is 31.0 Å². The normalized spacial score (nSPS) is 26.3. The molecule has 0 radical (unpaired) electrons. The molecule has 3 heterocycles. The lowest BCUT2D eigenvalue weighted by Crippen LogP contribution is -2.44. The summed E-state index contributed by atoms with van der Waals surface area (Å²) in [5, 5.41) is 0. The third kappa shape index (κ3) is 2.98. The summed E-state index contributed by atoms with van der Waals surface area (Å²) < 4.78 is 5.99. The highest BCUT2D eigenvalue weighted by Crippen LogP contribution is 2.26. The molecule has 0 spiro atoms. The van der Waals surface area contributed by atoms with Crippen LogP contribution < -0.4 is 4.74 Å². The Morgan fingerprint density at radius 3 is 2.61 bits per heavy atom. The predicted octanol–water partition coefficient (Wildman–Crippen LogP) is 2.43. The van der Waals surface area contributed by atoms with Crippen LogP contribution in [-0.2, 0) is 0 Å². The Morgan fingerprint density at radius 1 is 1.17 bits per heavy atom. The molecule has 1 atom stereocenters. The minimum absolute atomic E-state index is 0.387. The maximum Gasteiger partial charge on any atom is 0.122 e. The molecule has 98 valence electrons. The van der Waals surface area contributed by atoms with E-state index in [0.29, 0.717) is 6.10 Å². The van der Waals surface area contributed by atoms with E-state index in [1.54, 1.807) is 12.4 Å². The summed E-state index contributed by atoms with van der Waals surface area (Å²) in [5.74, 6) is 3.63. The molecule has 2 saturated heterocycles. The second kappa shape index (κ2) is 5.93. The second-order valence-corrected chi connectivity index (χ2v) is 6.20. The van der Waals surface area contributed by atoms with Crippen molar-refractivity contribution in [3.63, 3.8) is 0 Å². The van der Waals surface area contributed by atoms with Gasteiger partial charge in [-0.1, -0.05) is 0 Å². The number of hydrogen-bond donors (Lipinski definition) is 0. The van der Waals surface area contributed by atoms with Crippen molar-refractivity contribution in [3.8, 4) is 5.75 Å². The van der Waals surface area contributed by atoms with E-state index >= 15 is 0 Å². The number of pyridine rings is 1. The zero-order valence-corrected chi connectivity index (χ0v) is 11.4. The molecular weight excluding hydrogens is 244 g/mol. The number of hydrogen-bond acceptors (Lipinski definition) is 4. The van der Waals surface area contributed by atoms with Crippen molar-refractivity contribution in [2.45, 2.75) is 31.4 Å². The number of aromatic nitrogens is 1. The van der Waals surface area contributed by atoms with Crippen molar-refractivity contribution in [1.82, 2.24) is 9.88 Å². The molecule has 0 N–H and O–H groups in total.